The average Bonchev–Trinajstić information content (AvgIpc) is 2.89. The second-order valence-corrected chi connectivity index (χ2v) is 6.75. The number of rotatable bonds is 4. The van der Waals surface area contributed by atoms with Crippen molar-refractivity contribution in [1.29, 1.82) is 0 Å². The molecule has 1 aliphatic carbocycles. The summed E-state index contributed by atoms with van der Waals surface area (Å²) in [6.07, 6.45) is 8.79. The number of hydrogen-bond donors (Lipinski definition) is 1. The van der Waals surface area contributed by atoms with E-state index in [4.69, 9.17) is 4.74 Å². The van der Waals surface area contributed by atoms with Gasteiger partial charge in [0.2, 0.25) is 0 Å². The number of fused-ring (bicyclic) bond motifs is 1. The zero-order valence-corrected chi connectivity index (χ0v) is 13.6. The van der Waals surface area contributed by atoms with Crippen LogP contribution < -0.4 is 5.32 Å². The van der Waals surface area contributed by atoms with Gasteiger partial charge in [0, 0.05) is 44.1 Å². The molecule has 0 saturated carbocycles. The van der Waals surface area contributed by atoms with Crippen LogP contribution in [0.5, 0.6) is 0 Å². The fraction of sp³-hybridized carbons (Fsp3) is 0.765. The molecule has 0 radical (unpaired) electrons. The average molecular weight is 291 g/mol. The van der Waals surface area contributed by atoms with Gasteiger partial charge in [0.05, 0.1) is 12.7 Å². The normalized spacial score (nSPS) is 27.0. The Morgan fingerprint density at radius 1 is 1.38 bits per heavy atom. The van der Waals surface area contributed by atoms with Gasteiger partial charge in [-0.15, -0.1) is 0 Å². The third kappa shape index (κ3) is 3.33. The van der Waals surface area contributed by atoms with Crippen molar-refractivity contribution < 1.29 is 4.74 Å². The molecule has 0 aromatic carbocycles. The van der Waals surface area contributed by atoms with Crippen LogP contribution in [0.15, 0.2) is 12.4 Å². The van der Waals surface area contributed by atoms with Gasteiger partial charge in [0.15, 0.2) is 0 Å². The quantitative estimate of drug-likeness (QED) is 0.922. The Bertz CT molecular complexity index is 469. The zero-order valence-electron chi connectivity index (χ0n) is 13.6. The largest absolute Gasteiger partial charge is 0.374 e. The lowest BCUT2D eigenvalue weighted by Crippen LogP contribution is -2.47. The predicted octanol–water partition coefficient (Wildman–Crippen LogP) is 2.19. The van der Waals surface area contributed by atoms with Crippen LogP contribution in [0.4, 0.5) is 0 Å². The van der Waals surface area contributed by atoms with E-state index in [0.29, 0.717) is 18.2 Å². The van der Waals surface area contributed by atoms with E-state index in [-0.39, 0.29) is 0 Å². The fourth-order valence-electron chi connectivity index (χ4n) is 3.71. The summed E-state index contributed by atoms with van der Waals surface area (Å²) in [5.41, 5.74) is 3.03. The Balaban J connectivity index is 1.67. The molecule has 2 heterocycles. The highest BCUT2D eigenvalue weighted by Gasteiger charge is 2.24. The molecule has 4 heteroatoms. The SMILES string of the molecule is CNC1CCCc2cn(CC3CN(C(C)C)CCO3)cc21. The van der Waals surface area contributed by atoms with Crippen LogP contribution in [0.1, 0.15) is 43.9 Å². The second-order valence-electron chi connectivity index (χ2n) is 6.75. The molecule has 2 unspecified atom stereocenters. The Kier molecular flexibility index (Phi) is 4.67. The second kappa shape index (κ2) is 6.51. The van der Waals surface area contributed by atoms with Crippen molar-refractivity contribution in [2.45, 2.75) is 57.8 Å². The van der Waals surface area contributed by atoms with Gasteiger partial charge in [0.25, 0.3) is 0 Å². The van der Waals surface area contributed by atoms with E-state index >= 15 is 0 Å². The lowest BCUT2D eigenvalue weighted by Gasteiger charge is -2.35. The van der Waals surface area contributed by atoms with Crippen molar-refractivity contribution in [3.05, 3.63) is 23.5 Å². The van der Waals surface area contributed by atoms with Gasteiger partial charge in [-0.2, -0.15) is 0 Å². The third-order valence-electron chi connectivity index (χ3n) is 4.98. The molecule has 1 aliphatic heterocycles. The van der Waals surface area contributed by atoms with Crippen molar-refractivity contribution in [3.63, 3.8) is 0 Å². The molecule has 1 saturated heterocycles. The number of aryl methyl sites for hydroxylation is 1. The number of aromatic nitrogens is 1. The summed E-state index contributed by atoms with van der Waals surface area (Å²) in [7, 11) is 2.07. The van der Waals surface area contributed by atoms with E-state index in [2.05, 4.69) is 48.1 Å². The van der Waals surface area contributed by atoms with Crippen LogP contribution in [-0.4, -0.2) is 48.4 Å². The predicted molar refractivity (Wildman–Crippen MR) is 85.6 cm³/mol. The summed E-state index contributed by atoms with van der Waals surface area (Å²) in [5.74, 6) is 0. The van der Waals surface area contributed by atoms with Gasteiger partial charge in [0.1, 0.15) is 0 Å². The Labute approximate surface area is 128 Å². The molecule has 3 rings (SSSR count). The first kappa shape index (κ1) is 15.1. The van der Waals surface area contributed by atoms with E-state index in [1.54, 1.807) is 0 Å². The van der Waals surface area contributed by atoms with Crippen molar-refractivity contribution in [2.24, 2.45) is 0 Å². The summed E-state index contributed by atoms with van der Waals surface area (Å²) in [6, 6.07) is 1.15. The maximum atomic E-state index is 5.97. The first-order chi connectivity index (χ1) is 10.2. The van der Waals surface area contributed by atoms with E-state index in [1.807, 2.05) is 0 Å². The van der Waals surface area contributed by atoms with Gasteiger partial charge in [-0.1, -0.05) is 0 Å². The van der Waals surface area contributed by atoms with E-state index in [9.17, 15) is 0 Å². The summed E-state index contributed by atoms with van der Waals surface area (Å²) in [6.45, 7) is 8.51. The Morgan fingerprint density at radius 2 is 2.24 bits per heavy atom. The number of hydrogen-bond acceptors (Lipinski definition) is 3. The van der Waals surface area contributed by atoms with Crippen LogP contribution in [0, 0.1) is 0 Å². The molecule has 4 nitrogen and oxygen atoms in total. The summed E-state index contributed by atoms with van der Waals surface area (Å²) in [5, 5.41) is 3.45. The molecule has 118 valence electrons. The monoisotopic (exact) mass is 291 g/mol. The summed E-state index contributed by atoms with van der Waals surface area (Å²) < 4.78 is 8.33. The van der Waals surface area contributed by atoms with Gasteiger partial charge in [-0.05, 0) is 51.3 Å². The number of morpholine rings is 1. The topological polar surface area (TPSA) is 29.4 Å². The van der Waals surface area contributed by atoms with Crippen molar-refractivity contribution in [3.8, 4) is 0 Å². The molecule has 0 bridgehead atoms. The first-order valence-electron chi connectivity index (χ1n) is 8.39. The number of ether oxygens (including phenoxy) is 1. The Morgan fingerprint density at radius 3 is 3.00 bits per heavy atom. The van der Waals surface area contributed by atoms with Crippen LogP contribution in [-0.2, 0) is 17.7 Å². The van der Waals surface area contributed by atoms with Crippen molar-refractivity contribution >= 4 is 0 Å². The summed E-state index contributed by atoms with van der Waals surface area (Å²) >= 11 is 0. The lowest BCUT2D eigenvalue weighted by molar-refractivity contribution is -0.0455. The zero-order chi connectivity index (χ0) is 14.8. The molecule has 1 aromatic rings. The molecular formula is C17H29N3O. The van der Waals surface area contributed by atoms with Crippen LogP contribution in [0.3, 0.4) is 0 Å². The van der Waals surface area contributed by atoms with Gasteiger partial charge in [-0.3, -0.25) is 4.90 Å². The minimum atomic E-state index is 0.322. The maximum absolute atomic E-state index is 5.97. The van der Waals surface area contributed by atoms with E-state index < -0.39 is 0 Å². The summed E-state index contributed by atoms with van der Waals surface area (Å²) in [4.78, 5) is 2.52. The molecule has 2 aliphatic rings. The first-order valence-corrected chi connectivity index (χ1v) is 8.39. The molecule has 1 N–H and O–H groups in total. The maximum Gasteiger partial charge on any atom is 0.0881 e. The van der Waals surface area contributed by atoms with Crippen LogP contribution >= 0.6 is 0 Å². The standard InChI is InChI=1S/C17H29N3O/c1-13(2)20-7-8-21-15(11-20)10-19-9-14-5-4-6-17(18-3)16(14)12-19/h9,12-13,15,17-18H,4-8,10-11H2,1-3H3. The molecular weight excluding hydrogens is 262 g/mol. The molecule has 1 aromatic heterocycles. The van der Waals surface area contributed by atoms with Crippen molar-refractivity contribution in [1.82, 2.24) is 14.8 Å². The van der Waals surface area contributed by atoms with Crippen LogP contribution in [0.25, 0.3) is 0 Å². The van der Waals surface area contributed by atoms with E-state index in [1.165, 1.54) is 30.4 Å². The highest BCUT2D eigenvalue weighted by molar-refractivity contribution is 5.30. The van der Waals surface area contributed by atoms with Crippen LogP contribution in [0.2, 0.25) is 0 Å². The minimum Gasteiger partial charge on any atom is -0.374 e. The molecule has 2 atom stereocenters. The number of nitrogens with one attached hydrogen (secondary N) is 1. The number of nitrogens with zero attached hydrogens (tertiary/aromatic N) is 2. The minimum absolute atomic E-state index is 0.322. The van der Waals surface area contributed by atoms with Gasteiger partial charge >= 0.3 is 0 Å². The lowest BCUT2D eigenvalue weighted by atomic mass is 9.91. The molecule has 21 heavy (non-hydrogen) atoms. The smallest absolute Gasteiger partial charge is 0.0881 e. The molecule has 1 fully saturated rings. The van der Waals surface area contributed by atoms with Gasteiger partial charge < -0.3 is 14.6 Å². The Hall–Kier alpha value is -0.840. The van der Waals surface area contributed by atoms with E-state index in [0.717, 1.165) is 26.2 Å². The third-order valence-corrected chi connectivity index (χ3v) is 4.98. The van der Waals surface area contributed by atoms with Gasteiger partial charge in [-0.25, -0.2) is 0 Å². The van der Waals surface area contributed by atoms with Crippen molar-refractivity contribution in [2.75, 3.05) is 26.7 Å². The highest BCUT2D eigenvalue weighted by atomic mass is 16.5. The fourth-order valence-corrected chi connectivity index (χ4v) is 3.71. The highest BCUT2D eigenvalue weighted by Crippen LogP contribution is 2.30. The molecule has 0 amide bonds. The molecule has 0 spiro atoms.